The highest BCUT2D eigenvalue weighted by Crippen LogP contribution is 2.30. The maximum atomic E-state index is 5.94. The number of aromatic nitrogens is 2. The average molecular weight is 215 g/mol. The summed E-state index contributed by atoms with van der Waals surface area (Å²) in [5, 5.41) is 1.30. The van der Waals surface area contributed by atoms with Gasteiger partial charge in [-0.15, -0.1) is 0 Å². The van der Waals surface area contributed by atoms with E-state index in [9.17, 15) is 0 Å². The molecule has 1 aliphatic rings. The quantitative estimate of drug-likeness (QED) is 0.831. The maximum absolute atomic E-state index is 5.94. The Morgan fingerprint density at radius 1 is 1.56 bits per heavy atom. The van der Waals surface area contributed by atoms with Crippen molar-refractivity contribution in [3.63, 3.8) is 0 Å². The van der Waals surface area contributed by atoms with Crippen molar-refractivity contribution in [2.75, 3.05) is 0 Å². The fraction of sp³-hybridized carbons (Fsp3) is 0.462. The van der Waals surface area contributed by atoms with Crippen LogP contribution in [0.5, 0.6) is 0 Å². The molecule has 0 radical (unpaired) electrons. The molecule has 1 atom stereocenters. The standard InChI is InChI=1S/C13H17N3/c1-9(14)8-11-10-4-2-6-15-13(10)16-7-3-5-12(11)16/h2,4,6,9H,3,5,7-8,14H2,1H3/t9-/m1/s1. The summed E-state index contributed by atoms with van der Waals surface area (Å²) in [4.78, 5) is 4.50. The lowest BCUT2D eigenvalue weighted by Gasteiger charge is -2.05. The summed E-state index contributed by atoms with van der Waals surface area (Å²) < 4.78 is 2.37. The second-order valence-corrected chi connectivity index (χ2v) is 4.74. The molecule has 3 rings (SSSR count). The first-order chi connectivity index (χ1) is 7.77. The molecule has 0 fully saturated rings. The van der Waals surface area contributed by atoms with Crippen LogP contribution in [-0.2, 0) is 19.4 Å². The summed E-state index contributed by atoms with van der Waals surface area (Å²) >= 11 is 0. The Labute approximate surface area is 95.3 Å². The van der Waals surface area contributed by atoms with Gasteiger partial charge < -0.3 is 10.3 Å². The molecule has 2 aromatic rings. The van der Waals surface area contributed by atoms with Crippen LogP contribution in [0, 0.1) is 0 Å². The highest BCUT2D eigenvalue weighted by molar-refractivity contribution is 5.82. The highest BCUT2D eigenvalue weighted by atomic mass is 15.1. The monoisotopic (exact) mass is 215 g/mol. The van der Waals surface area contributed by atoms with Crippen LogP contribution < -0.4 is 5.73 Å². The van der Waals surface area contributed by atoms with E-state index in [0.717, 1.165) is 18.6 Å². The van der Waals surface area contributed by atoms with Gasteiger partial charge in [0.05, 0.1) is 0 Å². The number of hydrogen-bond donors (Lipinski definition) is 1. The van der Waals surface area contributed by atoms with Gasteiger partial charge in [-0.25, -0.2) is 4.98 Å². The molecule has 2 N–H and O–H groups in total. The number of fused-ring (bicyclic) bond motifs is 3. The minimum absolute atomic E-state index is 0.219. The van der Waals surface area contributed by atoms with E-state index in [1.165, 1.54) is 29.5 Å². The van der Waals surface area contributed by atoms with E-state index in [0.29, 0.717) is 0 Å². The molecule has 0 saturated heterocycles. The molecule has 3 heteroatoms. The van der Waals surface area contributed by atoms with Crippen LogP contribution in [0.4, 0.5) is 0 Å². The van der Waals surface area contributed by atoms with Gasteiger partial charge in [0.15, 0.2) is 0 Å². The zero-order valence-corrected chi connectivity index (χ0v) is 9.61. The Bertz CT molecular complexity index is 525. The summed E-state index contributed by atoms with van der Waals surface area (Å²) in [5.74, 6) is 0. The molecule has 3 heterocycles. The zero-order valence-electron chi connectivity index (χ0n) is 9.61. The summed E-state index contributed by atoms with van der Waals surface area (Å²) in [6, 6.07) is 4.41. The fourth-order valence-electron chi connectivity index (χ4n) is 2.77. The molecule has 2 aromatic heterocycles. The van der Waals surface area contributed by atoms with Gasteiger partial charge in [0.2, 0.25) is 0 Å². The normalized spacial score (nSPS) is 16.6. The molecule has 0 amide bonds. The Balaban J connectivity index is 2.25. The molecule has 0 unspecified atom stereocenters. The van der Waals surface area contributed by atoms with Gasteiger partial charge >= 0.3 is 0 Å². The molecule has 0 saturated carbocycles. The molecule has 84 valence electrons. The van der Waals surface area contributed by atoms with Crippen LogP contribution in [0.15, 0.2) is 18.3 Å². The number of pyridine rings is 1. The van der Waals surface area contributed by atoms with E-state index in [1.807, 2.05) is 12.3 Å². The van der Waals surface area contributed by atoms with Crippen molar-refractivity contribution >= 4 is 11.0 Å². The lowest BCUT2D eigenvalue weighted by Crippen LogP contribution is -2.18. The van der Waals surface area contributed by atoms with Gasteiger partial charge in [-0.1, -0.05) is 0 Å². The van der Waals surface area contributed by atoms with Crippen molar-refractivity contribution in [1.82, 2.24) is 9.55 Å². The summed E-state index contributed by atoms with van der Waals surface area (Å²) in [6.45, 7) is 3.18. The maximum Gasteiger partial charge on any atom is 0.140 e. The van der Waals surface area contributed by atoms with E-state index < -0.39 is 0 Å². The van der Waals surface area contributed by atoms with Gasteiger partial charge in [0.25, 0.3) is 0 Å². The smallest absolute Gasteiger partial charge is 0.140 e. The molecule has 0 spiro atoms. The van der Waals surface area contributed by atoms with Crippen molar-refractivity contribution in [3.8, 4) is 0 Å². The van der Waals surface area contributed by atoms with Gasteiger partial charge in [0, 0.05) is 29.9 Å². The molecule has 0 aromatic carbocycles. The molecular weight excluding hydrogens is 198 g/mol. The first kappa shape index (κ1) is 9.85. The molecule has 0 aliphatic carbocycles. The Morgan fingerprint density at radius 3 is 3.25 bits per heavy atom. The second kappa shape index (κ2) is 3.59. The first-order valence-electron chi connectivity index (χ1n) is 5.98. The number of hydrogen-bond acceptors (Lipinski definition) is 2. The Morgan fingerprint density at radius 2 is 2.44 bits per heavy atom. The van der Waals surface area contributed by atoms with Crippen LogP contribution in [0.3, 0.4) is 0 Å². The minimum atomic E-state index is 0.219. The SMILES string of the molecule is C[C@@H](N)Cc1c2n(c3ncccc13)CCC2. The van der Waals surface area contributed by atoms with Crippen molar-refractivity contribution < 1.29 is 0 Å². The average Bonchev–Trinajstić information content (AvgIpc) is 2.82. The third-order valence-electron chi connectivity index (χ3n) is 3.36. The van der Waals surface area contributed by atoms with Crippen LogP contribution in [0.25, 0.3) is 11.0 Å². The fourth-order valence-corrected chi connectivity index (χ4v) is 2.77. The first-order valence-corrected chi connectivity index (χ1v) is 5.98. The number of nitrogens with zero attached hydrogens (tertiary/aromatic N) is 2. The van der Waals surface area contributed by atoms with E-state index >= 15 is 0 Å². The molecule has 16 heavy (non-hydrogen) atoms. The van der Waals surface area contributed by atoms with Gasteiger partial charge in [-0.2, -0.15) is 0 Å². The van der Waals surface area contributed by atoms with Gasteiger partial charge in [-0.3, -0.25) is 0 Å². The molecule has 1 aliphatic heterocycles. The van der Waals surface area contributed by atoms with E-state index in [4.69, 9.17) is 5.73 Å². The van der Waals surface area contributed by atoms with E-state index in [-0.39, 0.29) is 6.04 Å². The van der Waals surface area contributed by atoms with Gasteiger partial charge in [0.1, 0.15) is 5.65 Å². The Kier molecular flexibility index (Phi) is 2.21. The third kappa shape index (κ3) is 1.35. The third-order valence-corrected chi connectivity index (χ3v) is 3.36. The second-order valence-electron chi connectivity index (χ2n) is 4.74. The molecular formula is C13H17N3. The van der Waals surface area contributed by atoms with Crippen molar-refractivity contribution in [2.45, 2.75) is 38.8 Å². The van der Waals surface area contributed by atoms with E-state index in [2.05, 4.69) is 22.5 Å². The van der Waals surface area contributed by atoms with Crippen LogP contribution in [0.1, 0.15) is 24.6 Å². The lowest BCUT2D eigenvalue weighted by molar-refractivity contribution is 0.732. The van der Waals surface area contributed by atoms with Crippen LogP contribution >= 0.6 is 0 Å². The molecule has 0 bridgehead atoms. The largest absolute Gasteiger partial charge is 0.329 e. The number of aryl methyl sites for hydroxylation is 1. The van der Waals surface area contributed by atoms with E-state index in [1.54, 1.807) is 0 Å². The number of rotatable bonds is 2. The summed E-state index contributed by atoms with van der Waals surface area (Å²) in [5.41, 5.74) is 9.97. The summed E-state index contributed by atoms with van der Waals surface area (Å²) in [7, 11) is 0. The van der Waals surface area contributed by atoms with Crippen molar-refractivity contribution in [3.05, 3.63) is 29.6 Å². The van der Waals surface area contributed by atoms with Crippen LogP contribution in [0.2, 0.25) is 0 Å². The van der Waals surface area contributed by atoms with Crippen molar-refractivity contribution in [2.24, 2.45) is 5.73 Å². The topological polar surface area (TPSA) is 43.8 Å². The van der Waals surface area contributed by atoms with Crippen LogP contribution in [-0.4, -0.2) is 15.6 Å². The Hall–Kier alpha value is -1.35. The van der Waals surface area contributed by atoms with Crippen molar-refractivity contribution in [1.29, 1.82) is 0 Å². The predicted octanol–water partition coefficient (Wildman–Crippen LogP) is 1.87. The molecule has 3 nitrogen and oxygen atoms in total. The highest BCUT2D eigenvalue weighted by Gasteiger charge is 2.21. The zero-order chi connectivity index (χ0) is 11.1. The number of nitrogens with two attached hydrogens (primary N) is 1. The van der Waals surface area contributed by atoms with Gasteiger partial charge in [-0.05, 0) is 43.9 Å². The lowest BCUT2D eigenvalue weighted by atomic mass is 10.0. The summed E-state index contributed by atoms with van der Waals surface area (Å²) in [6.07, 6.45) is 5.26. The minimum Gasteiger partial charge on any atom is -0.329 e. The predicted molar refractivity (Wildman–Crippen MR) is 65.4 cm³/mol.